The van der Waals surface area contributed by atoms with Crippen molar-refractivity contribution >= 4 is 26.0 Å². The average molecular weight is 338 g/mol. The monoisotopic (exact) mass is 337 g/mol. The first-order valence-electron chi connectivity index (χ1n) is 5.51. The van der Waals surface area contributed by atoms with Gasteiger partial charge in [0.15, 0.2) is 0 Å². The van der Waals surface area contributed by atoms with Crippen LogP contribution in [0.3, 0.4) is 0 Å². The van der Waals surface area contributed by atoms with Crippen molar-refractivity contribution in [3.63, 3.8) is 0 Å². The van der Waals surface area contributed by atoms with Gasteiger partial charge in [-0.1, -0.05) is 22.0 Å². The Labute approximate surface area is 116 Å². The number of hydrogen-bond acceptors (Lipinski definition) is 2. The van der Waals surface area contributed by atoms with Gasteiger partial charge in [-0.05, 0) is 39.8 Å². The Morgan fingerprint density at radius 2 is 1.89 bits per heavy atom. The minimum atomic E-state index is -3.50. The molecule has 1 N–H and O–H groups in total. The summed E-state index contributed by atoms with van der Waals surface area (Å²) in [5, 5.41) is 0. The Kier molecular flexibility index (Phi) is 4.56. The zero-order chi connectivity index (χ0) is 14.1. The summed E-state index contributed by atoms with van der Waals surface area (Å²) in [5.74, 6) is -0.437. The molecule has 1 atom stereocenters. The van der Waals surface area contributed by atoms with E-state index in [1.807, 2.05) is 0 Å². The standard InChI is InChI=1S/C12H17BrFNO2S/c1-8(15-18(16,17)12(2,3)4)10-6-5-9(13)7-11(10)14/h5-8,15H,1-4H3/t8-/m1/s1. The van der Waals surface area contributed by atoms with Gasteiger partial charge in [-0.25, -0.2) is 17.5 Å². The van der Waals surface area contributed by atoms with Gasteiger partial charge in [-0.15, -0.1) is 0 Å². The Morgan fingerprint density at radius 1 is 1.33 bits per heavy atom. The van der Waals surface area contributed by atoms with Crippen LogP contribution in [0.1, 0.15) is 39.3 Å². The van der Waals surface area contributed by atoms with E-state index in [2.05, 4.69) is 20.7 Å². The lowest BCUT2D eigenvalue weighted by Gasteiger charge is -2.23. The molecule has 1 aromatic rings. The van der Waals surface area contributed by atoms with Gasteiger partial charge >= 0.3 is 0 Å². The van der Waals surface area contributed by atoms with E-state index in [-0.39, 0.29) is 0 Å². The zero-order valence-electron chi connectivity index (χ0n) is 10.8. The van der Waals surface area contributed by atoms with Crippen molar-refractivity contribution in [2.45, 2.75) is 38.5 Å². The second-order valence-corrected chi connectivity index (χ2v) is 8.50. The van der Waals surface area contributed by atoms with Gasteiger partial charge in [0.05, 0.1) is 4.75 Å². The highest BCUT2D eigenvalue weighted by molar-refractivity contribution is 9.10. The Balaban J connectivity index is 3.00. The van der Waals surface area contributed by atoms with Gasteiger partial charge in [0.2, 0.25) is 10.0 Å². The van der Waals surface area contributed by atoms with Crippen molar-refractivity contribution < 1.29 is 12.8 Å². The van der Waals surface area contributed by atoms with E-state index in [0.717, 1.165) is 0 Å². The average Bonchev–Trinajstić information content (AvgIpc) is 2.14. The minimum Gasteiger partial charge on any atom is -0.212 e. The molecule has 0 unspecified atom stereocenters. The molecule has 0 heterocycles. The molecule has 0 fully saturated rings. The highest BCUT2D eigenvalue weighted by Gasteiger charge is 2.30. The molecular weight excluding hydrogens is 321 g/mol. The molecule has 0 aliphatic rings. The summed E-state index contributed by atoms with van der Waals surface area (Å²) in [5.41, 5.74) is 0.325. The fourth-order valence-electron chi connectivity index (χ4n) is 1.33. The molecule has 0 radical (unpaired) electrons. The predicted molar refractivity (Wildman–Crippen MR) is 74.3 cm³/mol. The molecule has 102 valence electrons. The molecule has 18 heavy (non-hydrogen) atoms. The first-order valence-corrected chi connectivity index (χ1v) is 7.79. The Morgan fingerprint density at radius 3 is 2.33 bits per heavy atom. The summed E-state index contributed by atoms with van der Waals surface area (Å²) in [6.07, 6.45) is 0. The largest absolute Gasteiger partial charge is 0.217 e. The number of hydrogen-bond donors (Lipinski definition) is 1. The fraction of sp³-hybridized carbons (Fsp3) is 0.500. The van der Waals surface area contributed by atoms with Gasteiger partial charge in [0.1, 0.15) is 5.82 Å². The van der Waals surface area contributed by atoms with Gasteiger partial charge in [0, 0.05) is 16.1 Å². The summed E-state index contributed by atoms with van der Waals surface area (Å²) < 4.78 is 39.8. The Bertz CT molecular complexity index is 537. The molecule has 0 amide bonds. The molecule has 1 aromatic carbocycles. The van der Waals surface area contributed by atoms with Crippen LogP contribution >= 0.6 is 15.9 Å². The van der Waals surface area contributed by atoms with Crippen LogP contribution in [0.2, 0.25) is 0 Å². The van der Waals surface area contributed by atoms with Crippen molar-refractivity contribution in [3.8, 4) is 0 Å². The quantitative estimate of drug-likeness (QED) is 0.919. The molecule has 1 rings (SSSR count). The third-order valence-electron chi connectivity index (χ3n) is 2.57. The predicted octanol–water partition coefficient (Wildman–Crippen LogP) is 3.37. The van der Waals surface area contributed by atoms with Crippen LogP contribution in [0, 0.1) is 5.82 Å². The van der Waals surface area contributed by atoms with Crippen molar-refractivity contribution in [1.29, 1.82) is 0 Å². The smallest absolute Gasteiger partial charge is 0.212 e. The van der Waals surface area contributed by atoms with Crippen molar-refractivity contribution in [1.82, 2.24) is 4.72 Å². The van der Waals surface area contributed by atoms with E-state index >= 15 is 0 Å². The van der Waals surface area contributed by atoms with E-state index in [1.54, 1.807) is 39.8 Å². The van der Waals surface area contributed by atoms with Gasteiger partial charge < -0.3 is 0 Å². The normalized spacial score (nSPS) is 14.6. The maximum Gasteiger partial charge on any atom is 0.217 e. The molecule has 0 aliphatic carbocycles. The highest BCUT2D eigenvalue weighted by atomic mass is 79.9. The van der Waals surface area contributed by atoms with Crippen molar-refractivity contribution in [2.75, 3.05) is 0 Å². The van der Waals surface area contributed by atoms with Gasteiger partial charge in [0.25, 0.3) is 0 Å². The SMILES string of the molecule is C[C@@H](NS(=O)(=O)C(C)(C)C)c1ccc(Br)cc1F. The third kappa shape index (κ3) is 3.52. The Hall–Kier alpha value is -0.460. The molecule has 6 heteroatoms. The second kappa shape index (κ2) is 5.27. The number of benzene rings is 1. The van der Waals surface area contributed by atoms with Crippen LogP contribution in [0.5, 0.6) is 0 Å². The van der Waals surface area contributed by atoms with Crippen molar-refractivity contribution in [2.24, 2.45) is 0 Å². The van der Waals surface area contributed by atoms with E-state index in [0.29, 0.717) is 10.0 Å². The lowest BCUT2D eigenvalue weighted by Crippen LogP contribution is -2.40. The molecule has 0 spiro atoms. The van der Waals surface area contributed by atoms with Crippen LogP contribution < -0.4 is 4.72 Å². The topological polar surface area (TPSA) is 46.2 Å². The number of nitrogens with one attached hydrogen (secondary N) is 1. The maximum absolute atomic E-state index is 13.7. The zero-order valence-corrected chi connectivity index (χ0v) is 13.2. The molecule has 0 saturated heterocycles. The second-order valence-electron chi connectivity index (χ2n) is 5.12. The van der Waals surface area contributed by atoms with E-state index in [4.69, 9.17) is 0 Å². The lowest BCUT2D eigenvalue weighted by molar-refractivity contribution is 0.523. The van der Waals surface area contributed by atoms with Crippen LogP contribution in [0.4, 0.5) is 4.39 Å². The first-order chi connectivity index (χ1) is 8.04. The number of sulfonamides is 1. The number of halogens is 2. The molecule has 0 aliphatic heterocycles. The number of rotatable bonds is 3. The summed E-state index contributed by atoms with van der Waals surface area (Å²) in [7, 11) is -3.50. The van der Waals surface area contributed by atoms with E-state index in [9.17, 15) is 12.8 Å². The molecule has 0 bridgehead atoms. The van der Waals surface area contributed by atoms with Crippen LogP contribution in [0.25, 0.3) is 0 Å². The summed E-state index contributed by atoms with van der Waals surface area (Å²) in [4.78, 5) is 0. The maximum atomic E-state index is 13.7. The molecule has 3 nitrogen and oxygen atoms in total. The van der Waals surface area contributed by atoms with Crippen LogP contribution in [0.15, 0.2) is 22.7 Å². The van der Waals surface area contributed by atoms with Crippen LogP contribution in [-0.2, 0) is 10.0 Å². The summed E-state index contributed by atoms with van der Waals surface area (Å²) in [6, 6.07) is 3.95. The lowest BCUT2D eigenvalue weighted by atomic mass is 10.1. The fourth-order valence-corrected chi connectivity index (χ4v) is 2.60. The van der Waals surface area contributed by atoms with Crippen LogP contribution in [-0.4, -0.2) is 13.2 Å². The highest BCUT2D eigenvalue weighted by Crippen LogP contribution is 2.23. The molecule has 0 saturated carbocycles. The van der Waals surface area contributed by atoms with Crippen molar-refractivity contribution in [3.05, 3.63) is 34.1 Å². The summed E-state index contributed by atoms with van der Waals surface area (Å²) in [6.45, 7) is 6.41. The molecular formula is C12H17BrFNO2S. The van der Waals surface area contributed by atoms with E-state index in [1.165, 1.54) is 6.07 Å². The first kappa shape index (κ1) is 15.6. The van der Waals surface area contributed by atoms with Gasteiger partial charge in [-0.3, -0.25) is 0 Å². The minimum absolute atomic E-state index is 0.325. The van der Waals surface area contributed by atoms with Gasteiger partial charge in [-0.2, -0.15) is 0 Å². The summed E-state index contributed by atoms with van der Waals surface area (Å²) >= 11 is 3.16. The third-order valence-corrected chi connectivity index (χ3v) is 5.34. The molecule has 0 aromatic heterocycles. The van der Waals surface area contributed by atoms with E-state index < -0.39 is 26.6 Å².